The van der Waals surface area contributed by atoms with Gasteiger partial charge in [-0.15, -0.1) is 0 Å². The molecule has 0 radical (unpaired) electrons. The van der Waals surface area contributed by atoms with E-state index in [4.69, 9.17) is 4.74 Å². The fourth-order valence-electron chi connectivity index (χ4n) is 2.24. The van der Waals surface area contributed by atoms with Gasteiger partial charge in [0.1, 0.15) is 5.75 Å². The van der Waals surface area contributed by atoms with Crippen molar-refractivity contribution in [1.29, 1.82) is 0 Å². The summed E-state index contributed by atoms with van der Waals surface area (Å²) in [5, 5.41) is 2.95. The van der Waals surface area contributed by atoms with E-state index >= 15 is 0 Å². The molecule has 1 amide bonds. The van der Waals surface area contributed by atoms with Gasteiger partial charge in [0.2, 0.25) is 5.91 Å². The number of carbonyl (C=O) groups excluding carboxylic acids is 1. The number of hydrogen-bond acceptors (Lipinski definition) is 3. The van der Waals surface area contributed by atoms with Gasteiger partial charge in [-0.25, -0.2) is 0 Å². The molecule has 0 fully saturated rings. The molecule has 0 saturated carbocycles. The first-order chi connectivity index (χ1) is 11.0. The lowest BCUT2D eigenvalue weighted by atomic mass is 10.1. The summed E-state index contributed by atoms with van der Waals surface area (Å²) in [6, 6.07) is 15.5. The van der Waals surface area contributed by atoms with Crippen LogP contribution in [0.2, 0.25) is 0 Å². The van der Waals surface area contributed by atoms with Crippen LogP contribution in [0.4, 0.5) is 5.69 Å². The summed E-state index contributed by atoms with van der Waals surface area (Å²) in [5.41, 5.74) is 3.14. The molecule has 4 nitrogen and oxygen atoms in total. The Morgan fingerprint density at radius 3 is 2.30 bits per heavy atom. The second kappa shape index (κ2) is 7.79. The van der Waals surface area contributed by atoms with Crippen LogP contribution in [-0.4, -0.2) is 31.0 Å². The topological polar surface area (TPSA) is 41.6 Å². The number of methoxy groups -OCH3 is 1. The molecule has 2 rings (SSSR count). The van der Waals surface area contributed by atoms with E-state index in [2.05, 4.69) is 5.32 Å². The molecule has 0 heterocycles. The Balaban J connectivity index is 1.93. The smallest absolute Gasteiger partial charge is 0.241 e. The third-order valence-corrected chi connectivity index (χ3v) is 3.95. The van der Waals surface area contributed by atoms with Crippen molar-refractivity contribution in [2.75, 3.05) is 19.5 Å². The summed E-state index contributed by atoms with van der Waals surface area (Å²) >= 11 is 0. The van der Waals surface area contributed by atoms with Crippen LogP contribution in [-0.2, 0) is 11.3 Å². The highest BCUT2D eigenvalue weighted by molar-refractivity contribution is 5.94. The highest BCUT2D eigenvalue weighted by Crippen LogP contribution is 2.14. The lowest BCUT2D eigenvalue weighted by Gasteiger charge is -2.24. The molecule has 122 valence electrons. The Kier molecular flexibility index (Phi) is 5.77. The number of carbonyl (C=O) groups is 1. The summed E-state index contributed by atoms with van der Waals surface area (Å²) in [6.07, 6.45) is 0. The molecule has 1 atom stereocenters. The van der Waals surface area contributed by atoms with Gasteiger partial charge in [-0.2, -0.15) is 0 Å². The zero-order valence-electron chi connectivity index (χ0n) is 14.2. The molecule has 23 heavy (non-hydrogen) atoms. The first-order valence-corrected chi connectivity index (χ1v) is 7.70. The lowest BCUT2D eigenvalue weighted by molar-refractivity contribution is -0.120. The summed E-state index contributed by atoms with van der Waals surface area (Å²) in [7, 11) is 3.60. The van der Waals surface area contributed by atoms with Crippen molar-refractivity contribution in [2.45, 2.75) is 26.4 Å². The van der Waals surface area contributed by atoms with Crippen molar-refractivity contribution in [2.24, 2.45) is 0 Å². The molecular weight excluding hydrogens is 288 g/mol. The average molecular weight is 312 g/mol. The first kappa shape index (κ1) is 17.0. The van der Waals surface area contributed by atoms with Crippen LogP contribution in [0.1, 0.15) is 18.1 Å². The Bertz CT molecular complexity index is 635. The average Bonchev–Trinajstić information content (AvgIpc) is 2.56. The number of ether oxygens (including phenoxy) is 1. The second-order valence-electron chi connectivity index (χ2n) is 5.79. The highest BCUT2D eigenvalue weighted by Gasteiger charge is 2.18. The maximum Gasteiger partial charge on any atom is 0.241 e. The van der Waals surface area contributed by atoms with Gasteiger partial charge in [0, 0.05) is 12.2 Å². The van der Waals surface area contributed by atoms with E-state index in [-0.39, 0.29) is 11.9 Å². The quantitative estimate of drug-likeness (QED) is 0.888. The Morgan fingerprint density at radius 1 is 1.13 bits per heavy atom. The minimum atomic E-state index is -0.224. The maximum absolute atomic E-state index is 12.4. The molecule has 2 aromatic carbocycles. The number of anilines is 1. The van der Waals surface area contributed by atoms with E-state index in [0.717, 1.165) is 17.0 Å². The zero-order chi connectivity index (χ0) is 16.8. The van der Waals surface area contributed by atoms with E-state index in [0.29, 0.717) is 6.54 Å². The largest absolute Gasteiger partial charge is 0.497 e. The fourth-order valence-corrected chi connectivity index (χ4v) is 2.24. The van der Waals surface area contributed by atoms with Crippen LogP contribution in [0.15, 0.2) is 48.5 Å². The monoisotopic (exact) mass is 312 g/mol. The predicted octanol–water partition coefficient (Wildman–Crippen LogP) is 3.46. The van der Waals surface area contributed by atoms with E-state index < -0.39 is 0 Å². The van der Waals surface area contributed by atoms with Crippen LogP contribution in [0.3, 0.4) is 0 Å². The van der Waals surface area contributed by atoms with Crippen molar-refractivity contribution in [3.05, 3.63) is 59.7 Å². The highest BCUT2D eigenvalue weighted by atomic mass is 16.5. The SMILES string of the molecule is COc1ccc(CN(C)[C@@H](C)C(=O)Nc2ccc(C)cc2)cc1. The Hall–Kier alpha value is -2.33. The molecule has 0 bridgehead atoms. The number of likely N-dealkylation sites (N-methyl/N-ethyl adjacent to an activating group) is 1. The van der Waals surface area contributed by atoms with Gasteiger partial charge < -0.3 is 10.1 Å². The van der Waals surface area contributed by atoms with Crippen molar-refractivity contribution in [3.63, 3.8) is 0 Å². The van der Waals surface area contributed by atoms with E-state index in [1.54, 1.807) is 7.11 Å². The fraction of sp³-hybridized carbons (Fsp3) is 0.316. The number of amides is 1. The Morgan fingerprint density at radius 2 is 1.74 bits per heavy atom. The van der Waals surface area contributed by atoms with Crippen molar-refractivity contribution in [3.8, 4) is 5.75 Å². The molecule has 0 aliphatic rings. The van der Waals surface area contributed by atoms with E-state index in [9.17, 15) is 4.79 Å². The number of nitrogens with zero attached hydrogens (tertiary/aromatic N) is 1. The molecule has 0 unspecified atom stereocenters. The van der Waals surface area contributed by atoms with Crippen molar-refractivity contribution >= 4 is 11.6 Å². The van der Waals surface area contributed by atoms with Crippen LogP contribution in [0.25, 0.3) is 0 Å². The molecule has 0 aliphatic heterocycles. The summed E-state index contributed by atoms with van der Waals surface area (Å²) in [4.78, 5) is 14.4. The van der Waals surface area contributed by atoms with E-state index in [1.807, 2.05) is 74.3 Å². The molecule has 0 spiro atoms. The minimum Gasteiger partial charge on any atom is -0.497 e. The molecule has 0 aliphatic carbocycles. The van der Waals surface area contributed by atoms with Gasteiger partial charge >= 0.3 is 0 Å². The van der Waals surface area contributed by atoms with Crippen LogP contribution < -0.4 is 10.1 Å². The zero-order valence-corrected chi connectivity index (χ0v) is 14.2. The van der Waals surface area contributed by atoms with Gasteiger partial charge in [-0.05, 0) is 50.7 Å². The van der Waals surface area contributed by atoms with Gasteiger partial charge in [0.25, 0.3) is 0 Å². The van der Waals surface area contributed by atoms with E-state index in [1.165, 1.54) is 5.56 Å². The standard InChI is InChI=1S/C19H24N2O2/c1-14-5-9-17(10-6-14)20-19(22)15(2)21(3)13-16-7-11-18(23-4)12-8-16/h5-12,15H,13H2,1-4H3,(H,20,22)/t15-/m0/s1. The predicted molar refractivity (Wildman–Crippen MR) is 93.7 cm³/mol. The lowest BCUT2D eigenvalue weighted by Crippen LogP contribution is -2.39. The van der Waals surface area contributed by atoms with Gasteiger partial charge in [-0.3, -0.25) is 9.69 Å². The van der Waals surface area contributed by atoms with Crippen LogP contribution >= 0.6 is 0 Å². The van der Waals surface area contributed by atoms with Gasteiger partial charge in [0.05, 0.1) is 13.2 Å². The third-order valence-electron chi connectivity index (χ3n) is 3.95. The first-order valence-electron chi connectivity index (χ1n) is 7.70. The number of hydrogen-bond donors (Lipinski definition) is 1. The molecule has 1 N–H and O–H groups in total. The number of rotatable bonds is 6. The minimum absolute atomic E-state index is 0.00938. The summed E-state index contributed by atoms with van der Waals surface area (Å²) < 4.78 is 5.16. The van der Waals surface area contributed by atoms with Gasteiger partial charge in [0.15, 0.2) is 0 Å². The number of nitrogens with one attached hydrogen (secondary N) is 1. The number of benzene rings is 2. The summed E-state index contributed by atoms with van der Waals surface area (Å²) in [6.45, 7) is 4.64. The maximum atomic E-state index is 12.4. The number of aryl methyl sites for hydroxylation is 1. The van der Waals surface area contributed by atoms with Crippen LogP contribution in [0.5, 0.6) is 5.75 Å². The van der Waals surface area contributed by atoms with Crippen molar-refractivity contribution < 1.29 is 9.53 Å². The third kappa shape index (κ3) is 4.83. The second-order valence-corrected chi connectivity index (χ2v) is 5.79. The molecule has 0 saturated heterocycles. The molecular formula is C19H24N2O2. The summed E-state index contributed by atoms with van der Waals surface area (Å²) in [5.74, 6) is 0.825. The Labute approximate surface area is 138 Å². The normalized spacial score (nSPS) is 12.0. The van der Waals surface area contributed by atoms with Gasteiger partial charge in [-0.1, -0.05) is 29.8 Å². The molecule has 0 aromatic heterocycles. The van der Waals surface area contributed by atoms with Crippen LogP contribution in [0, 0.1) is 6.92 Å². The molecule has 2 aromatic rings. The van der Waals surface area contributed by atoms with Crippen molar-refractivity contribution in [1.82, 2.24) is 4.90 Å². The molecule has 4 heteroatoms.